The van der Waals surface area contributed by atoms with Gasteiger partial charge in [0.1, 0.15) is 0 Å². The van der Waals surface area contributed by atoms with E-state index in [0.29, 0.717) is 6.42 Å². The number of benzene rings is 1. The average Bonchev–Trinajstić information content (AvgIpc) is 2.18. The third-order valence-electron chi connectivity index (χ3n) is 2.94. The maximum absolute atomic E-state index is 12.1. The number of amides is 1. The molecule has 2 nitrogen and oxygen atoms in total. The molecular formula is C12H13F2NO. The quantitative estimate of drug-likeness (QED) is 0.771. The van der Waals surface area contributed by atoms with E-state index in [2.05, 4.69) is 0 Å². The molecule has 4 heteroatoms. The topological polar surface area (TPSA) is 20.3 Å². The minimum atomic E-state index is -2.47. The van der Waals surface area contributed by atoms with Gasteiger partial charge in [0.25, 0.3) is 6.43 Å². The molecule has 0 N–H and O–H groups in total. The van der Waals surface area contributed by atoms with E-state index in [1.807, 2.05) is 24.3 Å². The number of nitrogens with zero attached hydrogens (tertiary/aromatic N) is 1. The Morgan fingerprint density at radius 1 is 1.50 bits per heavy atom. The molecule has 0 radical (unpaired) electrons. The first kappa shape index (κ1) is 11.0. The molecule has 0 aliphatic heterocycles. The van der Waals surface area contributed by atoms with Crippen molar-refractivity contribution in [1.82, 2.24) is 4.90 Å². The number of carbonyl (C=O) groups is 1. The van der Waals surface area contributed by atoms with Crippen molar-refractivity contribution in [2.24, 2.45) is 0 Å². The van der Waals surface area contributed by atoms with Crippen molar-refractivity contribution in [1.29, 1.82) is 0 Å². The highest BCUT2D eigenvalue weighted by atomic mass is 19.3. The molecule has 1 aromatic rings. The Kier molecular flexibility index (Phi) is 2.90. The van der Waals surface area contributed by atoms with Gasteiger partial charge in [-0.25, -0.2) is 8.78 Å². The predicted octanol–water partition coefficient (Wildman–Crippen LogP) is 2.05. The standard InChI is InChI=1S/C12H13F2NO/c1-15(7-11(13)14)12(16)10-6-8-4-2-3-5-9(8)10/h2-5,10-11H,6-7H2,1H3. The lowest BCUT2D eigenvalue weighted by molar-refractivity contribution is -0.133. The van der Waals surface area contributed by atoms with Crippen LogP contribution in [0.5, 0.6) is 0 Å². The maximum Gasteiger partial charge on any atom is 0.255 e. The summed E-state index contributed by atoms with van der Waals surface area (Å²) in [5.41, 5.74) is 2.12. The Labute approximate surface area is 92.9 Å². The molecule has 1 aliphatic carbocycles. The molecule has 1 aliphatic rings. The average molecular weight is 225 g/mol. The first-order valence-electron chi connectivity index (χ1n) is 5.20. The van der Waals surface area contributed by atoms with Gasteiger partial charge in [0, 0.05) is 7.05 Å². The summed E-state index contributed by atoms with van der Waals surface area (Å²) in [5.74, 6) is -0.432. The highest BCUT2D eigenvalue weighted by molar-refractivity contribution is 5.86. The van der Waals surface area contributed by atoms with Crippen LogP contribution in [-0.4, -0.2) is 30.8 Å². The number of carbonyl (C=O) groups excluding carboxylic acids is 1. The minimum absolute atomic E-state index is 0.209. The monoisotopic (exact) mass is 225 g/mol. The molecule has 1 atom stereocenters. The fraction of sp³-hybridized carbons (Fsp3) is 0.417. The molecule has 0 saturated heterocycles. The van der Waals surface area contributed by atoms with Gasteiger partial charge >= 0.3 is 0 Å². The van der Waals surface area contributed by atoms with Gasteiger partial charge in [-0.2, -0.15) is 0 Å². The molecular weight excluding hydrogens is 212 g/mol. The van der Waals surface area contributed by atoms with Crippen molar-refractivity contribution >= 4 is 5.91 Å². The third-order valence-corrected chi connectivity index (χ3v) is 2.94. The van der Waals surface area contributed by atoms with Gasteiger partial charge in [0.2, 0.25) is 5.91 Å². The van der Waals surface area contributed by atoms with Gasteiger partial charge < -0.3 is 4.90 Å². The molecule has 0 fully saturated rings. The van der Waals surface area contributed by atoms with Gasteiger partial charge in [0.05, 0.1) is 12.5 Å². The second-order valence-corrected chi connectivity index (χ2v) is 4.07. The zero-order valence-electron chi connectivity index (χ0n) is 8.99. The van der Waals surface area contributed by atoms with Crippen molar-refractivity contribution in [3.05, 3.63) is 35.4 Å². The molecule has 0 saturated carbocycles. The maximum atomic E-state index is 12.1. The van der Waals surface area contributed by atoms with Crippen LogP contribution in [0.2, 0.25) is 0 Å². The summed E-state index contributed by atoms with van der Waals surface area (Å²) in [4.78, 5) is 12.9. The number of fused-ring (bicyclic) bond motifs is 1. The molecule has 2 rings (SSSR count). The Hall–Kier alpha value is -1.45. The van der Waals surface area contributed by atoms with Gasteiger partial charge in [-0.1, -0.05) is 24.3 Å². The van der Waals surface area contributed by atoms with Crippen LogP contribution in [0, 0.1) is 0 Å². The van der Waals surface area contributed by atoms with Crippen LogP contribution in [0.25, 0.3) is 0 Å². The summed E-state index contributed by atoms with van der Waals surface area (Å²) in [7, 11) is 1.43. The summed E-state index contributed by atoms with van der Waals surface area (Å²) < 4.78 is 24.3. The molecule has 0 bridgehead atoms. The van der Waals surface area contributed by atoms with Crippen molar-refractivity contribution in [3.8, 4) is 0 Å². The largest absolute Gasteiger partial charge is 0.339 e. The van der Waals surface area contributed by atoms with Crippen molar-refractivity contribution in [2.45, 2.75) is 18.8 Å². The molecule has 1 unspecified atom stereocenters. The highest BCUT2D eigenvalue weighted by Gasteiger charge is 2.33. The van der Waals surface area contributed by atoms with Crippen molar-refractivity contribution in [2.75, 3.05) is 13.6 Å². The second kappa shape index (κ2) is 4.20. The van der Waals surface area contributed by atoms with Gasteiger partial charge in [-0.15, -0.1) is 0 Å². The first-order valence-corrected chi connectivity index (χ1v) is 5.20. The lowest BCUT2D eigenvalue weighted by Crippen LogP contribution is -2.39. The summed E-state index contributed by atoms with van der Waals surface area (Å²) in [6.07, 6.45) is -1.80. The Bertz CT molecular complexity index is 406. The van der Waals surface area contributed by atoms with Crippen LogP contribution >= 0.6 is 0 Å². The predicted molar refractivity (Wildman–Crippen MR) is 56.5 cm³/mol. The summed E-state index contributed by atoms with van der Waals surface area (Å²) in [6.45, 7) is -0.489. The van der Waals surface area contributed by atoms with Crippen LogP contribution in [0.4, 0.5) is 8.78 Å². The number of halogens is 2. The normalized spacial score (nSPS) is 17.9. The molecule has 1 aromatic carbocycles. The van der Waals surface area contributed by atoms with Crippen LogP contribution < -0.4 is 0 Å². The van der Waals surface area contributed by atoms with E-state index in [4.69, 9.17) is 0 Å². The molecule has 1 amide bonds. The first-order chi connectivity index (χ1) is 7.59. The molecule has 0 spiro atoms. The van der Waals surface area contributed by atoms with Crippen LogP contribution in [0.1, 0.15) is 17.0 Å². The second-order valence-electron chi connectivity index (χ2n) is 4.07. The molecule has 16 heavy (non-hydrogen) atoms. The summed E-state index contributed by atoms with van der Waals surface area (Å²) >= 11 is 0. The lowest BCUT2D eigenvalue weighted by Gasteiger charge is -2.32. The summed E-state index contributed by atoms with van der Waals surface area (Å²) in [6, 6.07) is 7.64. The number of rotatable bonds is 3. The van der Waals surface area contributed by atoms with Gasteiger partial charge in [-0.3, -0.25) is 4.79 Å². The minimum Gasteiger partial charge on any atom is -0.339 e. The zero-order valence-corrected chi connectivity index (χ0v) is 8.99. The van der Waals surface area contributed by atoms with E-state index in [9.17, 15) is 13.6 Å². The van der Waals surface area contributed by atoms with Crippen molar-refractivity contribution in [3.63, 3.8) is 0 Å². The Morgan fingerprint density at radius 3 is 2.81 bits per heavy atom. The number of likely N-dealkylation sites (N-methyl/N-ethyl adjacent to an activating group) is 1. The van der Waals surface area contributed by atoms with E-state index in [1.165, 1.54) is 7.05 Å². The number of hydrogen-bond donors (Lipinski definition) is 0. The highest BCUT2D eigenvalue weighted by Crippen LogP contribution is 2.35. The van der Waals surface area contributed by atoms with Crippen LogP contribution in [0.15, 0.2) is 24.3 Å². The van der Waals surface area contributed by atoms with Gasteiger partial charge in [-0.05, 0) is 17.5 Å². The molecule has 0 heterocycles. The third kappa shape index (κ3) is 1.92. The molecule has 0 aromatic heterocycles. The molecule has 86 valence electrons. The Morgan fingerprint density at radius 2 is 2.19 bits per heavy atom. The van der Waals surface area contributed by atoms with Crippen LogP contribution in [-0.2, 0) is 11.2 Å². The van der Waals surface area contributed by atoms with Crippen LogP contribution in [0.3, 0.4) is 0 Å². The fourth-order valence-corrected chi connectivity index (χ4v) is 2.04. The van der Waals surface area contributed by atoms with Crippen molar-refractivity contribution < 1.29 is 13.6 Å². The van der Waals surface area contributed by atoms with E-state index in [1.54, 1.807) is 0 Å². The van der Waals surface area contributed by atoms with E-state index >= 15 is 0 Å². The SMILES string of the molecule is CN(CC(F)F)C(=O)C1Cc2ccccc21. The fourth-order valence-electron chi connectivity index (χ4n) is 2.04. The van der Waals surface area contributed by atoms with E-state index < -0.39 is 13.0 Å². The van der Waals surface area contributed by atoms with Gasteiger partial charge in [0.15, 0.2) is 0 Å². The number of alkyl halides is 2. The number of hydrogen-bond acceptors (Lipinski definition) is 1. The zero-order chi connectivity index (χ0) is 11.7. The lowest BCUT2D eigenvalue weighted by atomic mass is 9.77. The van der Waals surface area contributed by atoms with E-state index in [-0.39, 0.29) is 11.8 Å². The van der Waals surface area contributed by atoms with E-state index in [0.717, 1.165) is 16.0 Å². The summed E-state index contributed by atoms with van der Waals surface area (Å²) in [5, 5.41) is 0. The Balaban J connectivity index is 2.04. The smallest absolute Gasteiger partial charge is 0.255 e.